The maximum absolute atomic E-state index is 12.4. The molecule has 0 bridgehead atoms. The number of aromatic nitrogens is 2. The number of para-hydroxylation sites is 1. The molecule has 2 aromatic rings. The van der Waals surface area contributed by atoms with E-state index in [1.807, 2.05) is 44.2 Å². The molecule has 1 amide bonds. The molecule has 0 aliphatic carbocycles. The lowest BCUT2D eigenvalue weighted by atomic mass is 10.2. The van der Waals surface area contributed by atoms with E-state index in [1.165, 1.54) is 0 Å². The maximum Gasteiger partial charge on any atom is 0.274 e. The van der Waals surface area contributed by atoms with Crippen LogP contribution in [0.2, 0.25) is 0 Å². The van der Waals surface area contributed by atoms with Crippen molar-refractivity contribution < 1.29 is 9.90 Å². The van der Waals surface area contributed by atoms with E-state index in [-0.39, 0.29) is 18.6 Å². The molecule has 20 heavy (non-hydrogen) atoms. The van der Waals surface area contributed by atoms with Crippen molar-refractivity contribution in [3.63, 3.8) is 0 Å². The van der Waals surface area contributed by atoms with Crippen LogP contribution in [0.3, 0.4) is 0 Å². The summed E-state index contributed by atoms with van der Waals surface area (Å²) in [6.07, 6.45) is 1.76. The Kier molecular flexibility index (Phi) is 4.53. The first-order chi connectivity index (χ1) is 9.63. The molecule has 1 aromatic heterocycles. The number of rotatable bonds is 5. The van der Waals surface area contributed by atoms with Crippen molar-refractivity contribution in [1.82, 2.24) is 14.7 Å². The van der Waals surface area contributed by atoms with E-state index in [2.05, 4.69) is 5.10 Å². The Morgan fingerprint density at radius 2 is 2.00 bits per heavy atom. The Morgan fingerprint density at radius 1 is 1.30 bits per heavy atom. The summed E-state index contributed by atoms with van der Waals surface area (Å²) in [6.45, 7) is 4.10. The monoisotopic (exact) mass is 273 g/mol. The third-order valence-corrected chi connectivity index (χ3v) is 3.05. The van der Waals surface area contributed by atoms with E-state index >= 15 is 0 Å². The summed E-state index contributed by atoms with van der Waals surface area (Å²) in [6, 6.07) is 11.3. The molecule has 0 fully saturated rings. The van der Waals surface area contributed by atoms with Gasteiger partial charge < -0.3 is 10.0 Å². The highest BCUT2D eigenvalue weighted by molar-refractivity contribution is 5.92. The number of amides is 1. The van der Waals surface area contributed by atoms with Gasteiger partial charge in [0.25, 0.3) is 5.91 Å². The molecule has 0 saturated heterocycles. The van der Waals surface area contributed by atoms with Gasteiger partial charge in [-0.05, 0) is 32.0 Å². The zero-order valence-electron chi connectivity index (χ0n) is 11.7. The van der Waals surface area contributed by atoms with Gasteiger partial charge in [0, 0.05) is 18.8 Å². The first-order valence-corrected chi connectivity index (χ1v) is 6.66. The zero-order valence-corrected chi connectivity index (χ0v) is 11.7. The second-order valence-corrected chi connectivity index (χ2v) is 4.80. The topological polar surface area (TPSA) is 58.4 Å². The predicted molar refractivity (Wildman–Crippen MR) is 76.8 cm³/mol. The van der Waals surface area contributed by atoms with Crippen LogP contribution in [0.1, 0.15) is 24.3 Å². The van der Waals surface area contributed by atoms with Crippen molar-refractivity contribution >= 4 is 5.91 Å². The van der Waals surface area contributed by atoms with Gasteiger partial charge in [0.2, 0.25) is 0 Å². The molecule has 0 unspecified atom stereocenters. The number of carbonyl (C=O) groups excluding carboxylic acids is 1. The van der Waals surface area contributed by atoms with Crippen molar-refractivity contribution in [1.29, 1.82) is 0 Å². The summed E-state index contributed by atoms with van der Waals surface area (Å²) in [7, 11) is 0. The fourth-order valence-corrected chi connectivity index (χ4v) is 2.01. The number of hydrogen-bond donors (Lipinski definition) is 1. The van der Waals surface area contributed by atoms with Gasteiger partial charge >= 0.3 is 0 Å². The van der Waals surface area contributed by atoms with Crippen LogP contribution in [0, 0.1) is 0 Å². The SMILES string of the molecule is CC(C)N(CCO)C(=O)c1ccn(-c2ccccc2)n1. The molecular weight excluding hydrogens is 254 g/mol. The Morgan fingerprint density at radius 3 is 2.60 bits per heavy atom. The highest BCUT2D eigenvalue weighted by atomic mass is 16.3. The fourth-order valence-electron chi connectivity index (χ4n) is 2.01. The van der Waals surface area contributed by atoms with Crippen LogP contribution in [-0.2, 0) is 0 Å². The number of hydrogen-bond acceptors (Lipinski definition) is 3. The van der Waals surface area contributed by atoms with Crippen LogP contribution >= 0.6 is 0 Å². The van der Waals surface area contributed by atoms with Gasteiger partial charge in [-0.3, -0.25) is 4.79 Å². The summed E-state index contributed by atoms with van der Waals surface area (Å²) < 4.78 is 1.67. The minimum atomic E-state index is -0.163. The van der Waals surface area contributed by atoms with E-state index in [4.69, 9.17) is 5.11 Å². The molecule has 1 heterocycles. The Hall–Kier alpha value is -2.14. The molecule has 0 spiro atoms. The lowest BCUT2D eigenvalue weighted by Gasteiger charge is -2.24. The van der Waals surface area contributed by atoms with Gasteiger partial charge in [-0.1, -0.05) is 18.2 Å². The lowest BCUT2D eigenvalue weighted by Crippen LogP contribution is -2.39. The van der Waals surface area contributed by atoms with Crippen molar-refractivity contribution in [3.05, 3.63) is 48.3 Å². The van der Waals surface area contributed by atoms with Crippen LogP contribution < -0.4 is 0 Å². The van der Waals surface area contributed by atoms with Gasteiger partial charge in [0.1, 0.15) is 0 Å². The van der Waals surface area contributed by atoms with Gasteiger partial charge in [0.15, 0.2) is 5.69 Å². The molecule has 0 atom stereocenters. The average Bonchev–Trinajstić information content (AvgIpc) is 2.94. The van der Waals surface area contributed by atoms with Crippen molar-refractivity contribution in [2.24, 2.45) is 0 Å². The van der Waals surface area contributed by atoms with Crippen molar-refractivity contribution in [3.8, 4) is 5.69 Å². The summed E-state index contributed by atoms with van der Waals surface area (Å²) in [4.78, 5) is 14.0. The quantitative estimate of drug-likeness (QED) is 0.902. The van der Waals surface area contributed by atoms with E-state index < -0.39 is 0 Å². The van der Waals surface area contributed by atoms with Crippen LogP contribution in [0.4, 0.5) is 0 Å². The summed E-state index contributed by atoms with van der Waals surface area (Å²) in [5.74, 6) is -0.163. The largest absolute Gasteiger partial charge is 0.395 e. The molecule has 0 aliphatic rings. The first-order valence-electron chi connectivity index (χ1n) is 6.66. The normalized spacial score (nSPS) is 10.8. The predicted octanol–water partition coefficient (Wildman–Crippen LogP) is 1.72. The standard InChI is InChI=1S/C15H19N3O2/c1-12(2)17(10-11-19)15(20)14-8-9-18(16-14)13-6-4-3-5-7-13/h3-9,12,19H,10-11H2,1-2H3. The van der Waals surface area contributed by atoms with Crippen LogP contribution in [0.25, 0.3) is 5.69 Å². The molecule has 5 nitrogen and oxygen atoms in total. The minimum Gasteiger partial charge on any atom is -0.395 e. The number of benzene rings is 1. The van der Waals surface area contributed by atoms with E-state index in [0.717, 1.165) is 5.69 Å². The van der Waals surface area contributed by atoms with E-state index in [1.54, 1.807) is 21.8 Å². The average molecular weight is 273 g/mol. The molecule has 106 valence electrons. The van der Waals surface area contributed by atoms with Gasteiger partial charge in [-0.25, -0.2) is 4.68 Å². The van der Waals surface area contributed by atoms with Crippen LogP contribution in [-0.4, -0.2) is 44.9 Å². The van der Waals surface area contributed by atoms with Crippen molar-refractivity contribution in [2.75, 3.05) is 13.2 Å². The molecule has 0 saturated carbocycles. The number of aliphatic hydroxyl groups excluding tert-OH is 1. The summed E-state index contributed by atoms with van der Waals surface area (Å²) in [5, 5.41) is 13.4. The number of nitrogens with zero attached hydrogens (tertiary/aromatic N) is 3. The summed E-state index contributed by atoms with van der Waals surface area (Å²) >= 11 is 0. The maximum atomic E-state index is 12.4. The second-order valence-electron chi connectivity index (χ2n) is 4.80. The molecular formula is C15H19N3O2. The van der Waals surface area contributed by atoms with Crippen LogP contribution in [0.5, 0.6) is 0 Å². The van der Waals surface area contributed by atoms with Crippen LogP contribution in [0.15, 0.2) is 42.6 Å². The molecule has 2 rings (SSSR count). The molecule has 1 N–H and O–H groups in total. The minimum absolute atomic E-state index is 0.0246. The zero-order chi connectivity index (χ0) is 14.5. The summed E-state index contributed by atoms with van der Waals surface area (Å²) in [5.41, 5.74) is 1.29. The fraction of sp³-hybridized carbons (Fsp3) is 0.333. The number of carbonyl (C=O) groups is 1. The lowest BCUT2D eigenvalue weighted by molar-refractivity contribution is 0.0659. The molecule has 0 radical (unpaired) electrons. The second kappa shape index (κ2) is 6.34. The first kappa shape index (κ1) is 14.3. The third-order valence-electron chi connectivity index (χ3n) is 3.05. The Bertz CT molecular complexity index is 564. The van der Waals surface area contributed by atoms with Gasteiger partial charge in [0.05, 0.1) is 12.3 Å². The number of aliphatic hydroxyl groups is 1. The smallest absolute Gasteiger partial charge is 0.274 e. The van der Waals surface area contributed by atoms with Crippen molar-refractivity contribution in [2.45, 2.75) is 19.9 Å². The Labute approximate surface area is 118 Å². The highest BCUT2D eigenvalue weighted by Gasteiger charge is 2.20. The third kappa shape index (κ3) is 3.05. The molecule has 0 aliphatic heterocycles. The Balaban J connectivity index is 2.22. The molecule has 5 heteroatoms. The van der Waals surface area contributed by atoms with E-state index in [9.17, 15) is 4.79 Å². The molecule has 1 aromatic carbocycles. The van der Waals surface area contributed by atoms with Gasteiger partial charge in [-0.2, -0.15) is 5.10 Å². The highest BCUT2D eigenvalue weighted by Crippen LogP contribution is 2.10. The van der Waals surface area contributed by atoms with Gasteiger partial charge in [-0.15, -0.1) is 0 Å². The van der Waals surface area contributed by atoms with E-state index in [0.29, 0.717) is 12.2 Å².